The summed E-state index contributed by atoms with van der Waals surface area (Å²) < 4.78 is 4.97. The second-order valence-electron chi connectivity index (χ2n) is 6.00. The van der Waals surface area contributed by atoms with Gasteiger partial charge in [-0.15, -0.1) is 0 Å². The largest absolute Gasteiger partial charge is 0.468 e. The molecule has 1 fully saturated rings. The van der Waals surface area contributed by atoms with Crippen molar-refractivity contribution in [2.45, 2.75) is 19.9 Å². The van der Waals surface area contributed by atoms with Gasteiger partial charge in [-0.1, -0.05) is 37.6 Å². The normalized spacial score (nSPS) is 17.2. The predicted octanol–water partition coefficient (Wildman–Crippen LogP) is 2.35. The standard InChI is InChI=1S/C17H23ClN2O3/c1-12(2)16(21)20-9-7-19(8-10-20)15(17(22)23-3)13-5-4-6-14(18)11-13/h4-6,11-12,15H,7-10H2,1-3H3/t15-/m1/s1. The Labute approximate surface area is 142 Å². The molecule has 1 aromatic rings. The Morgan fingerprint density at radius 3 is 2.35 bits per heavy atom. The molecule has 0 aromatic heterocycles. The van der Waals surface area contributed by atoms with Crippen molar-refractivity contribution >= 4 is 23.5 Å². The van der Waals surface area contributed by atoms with Gasteiger partial charge in [0.25, 0.3) is 0 Å². The third-order valence-electron chi connectivity index (χ3n) is 4.07. The quantitative estimate of drug-likeness (QED) is 0.791. The highest BCUT2D eigenvalue weighted by atomic mass is 35.5. The van der Waals surface area contributed by atoms with E-state index < -0.39 is 6.04 Å². The van der Waals surface area contributed by atoms with Crippen LogP contribution in [0.5, 0.6) is 0 Å². The first-order valence-electron chi connectivity index (χ1n) is 7.80. The summed E-state index contributed by atoms with van der Waals surface area (Å²) in [5.74, 6) is -0.163. The maximum atomic E-state index is 12.3. The van der Waals surface area contributed by atoms with Crippen LogP contribution in [-0.2, 0) is 14.3 Å². The first kappa shape index (κ1) is 17.8. The SMILES string of the molecule is COC(=O)[C@@H](c1cccc(Cl)c1)N1CCN(C(=O)C(C)C)CC1. The minimum Gasteiger partial charge on any atom is -0.468 e. The molecule has 1 aliphatic rings. The number of nitrogens with zero attached hydrogens (tertiary/aromatic N) is 2. The molecule has 6 heteroatoms. The number of carbonyl (C=O) groups excluding carboxylic acids is 2. The number of carbonyl (C=O) groups is 2. The van der Waals surface area contributed by atoms with Crippen molar-refractivity contribution in [3.05, 3.63) is 34.9 Å². The van der Waals surface area contributed by atoms with Gasteiger partial charge in [0, 0.05) is 37.1 Å². The van der Waals surface area contributed by atoms with Crippen LogP contribution in [0.25, 0.3) is 0 Å². The van der Waals surface area contributed by atoms with Crippen molar-refractivity contribution in [2.75, 3.05) is 33.3 Å². The van der Waals surface area contributed by atoms with Crippen LogP contribution in [0.3, 0.4) is 0 Å². The minimum atomic E-state index is -0.491. The second kappa shape index (κ2) is 7.79. The molecular weight excluding hydrogens is 316 g/mol. The fourth-order valence-corrected chi connectivity index (χ4v) is 3.05. The molecule has 1 aliphatic heterocycles. The molecule has 0 N–H and O–H groups in total. The molecule has 0 spiro atoms. The van der Waals surface area contributed by atoms with E-state index in [2.05, 4.69) is 0 Å². The van der Waals surface area contributed by atoms with Gasteiger partial charge in [0.2, 0.25) is 5.91 Å². The van der Waals surface area contributed by atoms with Crippen molar-refractivity contribution in [1.29, 1.82) is 0 Å². The lowest BCUT2D eigenvalue weighted by molar-refractivity contribution is -0.149. The molecule has 0 aliphatic carbocycles. The van der Waals surface area contributed by atoms with E-state index in [0.717, 1.165) is 5.56 Å². The molecular formula is C17H23ClN2O3. The zero-order chi connectivity index (χ0) is 17.0. The molecule has 1 heterocycles. The number of ether oxygens (including phenoxy) is 1. The molecule has 1 atom stereocenters. The van der Waals surface area contributed by atoms with Crippen LogP contribution >= 0.6 is 11.6 Å². The highest BCUT2D eigenvalue weighted by molar-refractivity contribution is 6.30. The van der Waals surface area contributed by atoms with Crippen LogP contribution in [0.2, 0.25) is 5.02 Å². The molecule has 0 unspecified atom stereocenters. The highest BCUT2D eigenvalue weighted by Gasteiger charge is 2.32. The maximum absolute atomic E-state index is 12.3. The van der Waals surface area contributed by atoms with Crippen LogP contribution in [0.4, 0.5) is 0 Å². The molecule has 1 amide bonds. The average molecular weight is 339 g/mol. The number of halogens is 1. The predicted molar refractivity (Wildman–Crippen MR) is 89.2 cm³/mol. The number of benzene rings is 1. The Morgan fingerprint density at radius 1 is 1.17 bits per heavy atom. The summed E-state index contributed by atoms with van der Waals surface area (Å²) in [5.41, 5.74) is 0.813. The Bertz CT molecular complexity index is 569. The van der Waals surface area contributed by atoms with Gasteiger partial charge < -0.3 is 9.64 Å². The molecule has 1 saturated heterocycles. The third kappa shape index (κ3) is 4.24. The van der Waals surface area contributed by atoms with E-state index in [9.17, 15) is 9.59 Å². The number of amides is 1. The molecule has 5 nitrogen and oxygen atoms in total. The zero-order valence-electron chi connectivity index (χ0n) is 13.8. The fraction of sp³-hybridized carbons (Fsp3) is 0.529. The van der Waals surface area contributed by atoms with Crippen LogP contribution in [-0.4, -0.2) is 55.0 Å². The van der Waals surface area contributed by atoms with Gasteiger partial charge in [0.05, 0.1) is 7.11 Å². The van der Waals surface area contributed by atoms with E-state index in [1.54, 1.807) is 12.1 Å². The van der Waals surface area contributed by atoms with Crippen LogP contribution < -0.4 is 0 Å². The maximum Gasteiger partial charge on any atom is 0.327 e. The van der Waals surface area contributed by atoms with Gasteiger partial charge in [0.1, 0.15) is 6.04 Å². The van der Waals surface area contributed by atoms with Crippen LogP contribution in [0, 0.1) is 5.92 Å². The number of hydrogen-bond donors (Lipinski definition) is 0. The first-order chi connectivity index (χ1) is 10.9. The monoisotopic (exact) mass is 338 g/mol. The van der Waals surface area contributed by atoms with Gasteiger partial charge in [-0.05, 0) is 17.7 Å². The average Bonchev–Trinajstić information content (AvgIpc) is 2.55. The number of piperazine rings is 1. The smallest absolute Gasteiger partial charge is 0.327 e. The van der Waals surface area contributed by atoms with Gasteiger partial charge in [0.15, 0.2) is 0 Å². The number of rotatable bonds is 4. The van der Waals surface area contributed by atoms with Gasteiger partial charge in [-0.25, -0.2) is 4.79 Å². The molecule has 23 heavy (non-hydrogen) atoms. The fourth-order valence-electron chi connectivity index (χ4n) is 2.85. The lowest BCUT2D eigenvalue weighted by Crippen LogP contribution is -2.52. The van der Waals surface area contributed by atoms with Gasteiger partial charge >= 0.3 is 5.97 Å². The van der Waals surface area contributed by atoms with Crippen molar-refractivity contribution in [3.63, 3.8) is 0 Å². The van der Waals surface area contributed by atoms with Gasteiger partial charge in [-0.3, -0.25) is 9.69 Å². The number of methoxy groups -OCH3 is 1. The van der Waals surface area contributed by atoms with Crippen molar-refractivity contribution in [3.8, 4) is 0 Å². The number of hydrogen-bond acceptors (Lipinski definition) is 4. The topological polar surface area (TPSA) is 49.9 Å². The van der Waals surface area contributed by atoms with E-state index >= 15 is 0 Å². The van der Waals surface area contributed by atoms with Crippen LogP contribution in [0.1, 0.15) is 25.5 Å². The molecule has 1 aromatic carbocycles. The molecule has 0 bridgehead atoms. The third-order valence-corrected chi connectivity index (χ3v) is 4.31. The summed E-state index contributed by atoms with van der Waals surface area (Å²) in [6.07, 6.45) is 0. The van der Waals surface area contributed by atoms with E-state index in [1.807, 2.05) is 35.8 Å². The number of esters is 1. The Morgan fingerprint density at radius 2 is 1.83 bits per heavy atom. The Balaban J connectivity index is 2.13. The molecule has 0 saturated carbocycles. The summed E-state index contributed by atoms with van der Waals surface area (Å²) in [6, 6.07) is 6.77. The molecule has 0 radical (unpaired) electrons. The molecule has 2 rings (SSSR count). The van der Waals surface area contributed by atoms with E-state index in [1.165, 1.54) is 7.11 Å². The van der Waals surface area contributed by atoms with E-state index in [0.29, 0.717) is 31.2 Å². The zero-order valence-corrected chi connectivity index (χ0v) is 14.5. The Kier molecular flexibility index (Phi) is 6.02. The van der Waals surface area contributed by atoms with Crippen molar-refractivity contribution in [2.24, 2.45) is 5.92 Å². The summed E-state index contributed by atoms with van der Waals surface area (Å²) >= 11 is 6.05. The van der Waals surface area contributed by atoms with E-state index in [-0.39, 0.29) is 17.8 Å². The van der Waals surface area contributed by atoms with Crippen LogP contribution in [0.15, 0.2) is 24.3 Å². The summed E-state index contributed by atoms with van der Waals surface area (Å²) in [6.45, 7) is 6.29. The summed E-state index contributed by atoms with van der Waals surface area (Å²) in [5, 5.41) is 0.588. The minimum absolute atomic E-state index is 0.00844. The van der Waals surface area contributed by atoms with E-state index in [4.69, 9.17) is 16.3 Å². The lowest BCUT2D eigenvalue weighted by Gasteiger charge is -2.38. The highest BCUT2D eigenvalue weighted by Crippen LogP contribution is 2.26. The first-order valence-corrected chi connectivity index (χ1v) is 8.18. The van der Waals surface area contributed by atoms with Crippen molar-refractivity contribution in [1.82, 2.24) is 9.80 Å². The van der Waals surface area contributed by atoms with Crippen molar-refractivity contribution < 1.29 is 14.3 Å². The summed E-state index contributed by atoms with van der Waals surface area (Å²) in [7, 11) is 1.39. The summed E-state index contributed by atoms with van der Waals surface area (Å²) in [4.78, 5) is 28.2. The second-order valence-corrected chi connectivity index (χ2v) is 6.43. The Hall–Kier alpha value is -1.59. The molecule has 126 valence electrons. The van der Waals surface area contributed by atoms with Gasteiger partial charge in [-0.2, -0.15) is 0 Å². The lowest BCUT2D eigenvalue weighted by atomic mass is 10.0.